The monoisotopic (exact) mass is 330 g/mol. The lowest BCUT2D eigenvalue weighted by Crippen LogP contribution is -2.11. The first-order valence-electron chi connectivity index (χ1n) is 7.92. The number of aromatic nitrogens is 1. The van der Waals surface area contributed by atoms with Crippen molar-refractivity contribution < 1.29 is 9.47 Å². The smallest absolute Gasteiger partial charge is 0.225 e. The Morgan fingerprint density at radius 1 is 0.880 bits per heavy atom. The van der Waals surface area contributed by atoms with Crippen LogP contribution in [0.15, 0.2) is 102 Å². The van der Waals surface area contributed by atoms with Gasteiger partial charge in [0.05, 0.1) is 18.1 Å². The van der Waals surface area contributed by atoms with Crippen molar-refractivity contribution in [2.75, 3.05) is 0 Å². The molecule has 0 bridgehead atoms. The van der Waals surface area contributed by atoms with Crippen molar-refractivity contribution in [3.63, 3.8) is 0 Å². The standard InChI is InChI=1S/C21H18N2O2/c1-17(16-24-19-11-6-3-7-12-19)21(23-18-9-4-2-5-10-18)25-20-13-8-14-22-15-20/h2-16H,1H3. The number of aliphatic imine (C=N–C) groups is 1. The summed E-state index contributed by atoms with van der Waals surface area (Å²) in [5.41, 5.74) is 1.56. The normalized spacial score (nSPS) is 11.9. The molecular formula is C21H18N2O2. The molecule has 0 radical (unpaired) electrons. The lowest BCUT2D eigenvalue weighted by Gasteiger charge is -2.10. The van der Waals surface area contributed by atoms with Crippen LogP contribution in [0.3, 0.4) is 0 Å². The van der Waals surface area contributed by atoms with Crippen molar-refractivity contribution in [2.45, 2.75) is 6.92 Å². The SMILES string of the molecule is CC(=COc1ccccc1)C(=Nc1ccccc1)Oc1cccnc1. The number of benzene rings is 2. The Labute approximate surface area is 147 Å². The molecule has 0 amide bonds. The van der Waals surface area contributed by atoms with Crippen LogP contribution in [0.4, 0.5) is 5.69 Å². The Morgan fingerprint density at radius 2 is 1.56 bits per heavy atom. The van der Waals surface area contributed by atoms with Crippen LogP contribution >= 0.6 is 0 Å². The molecule has 0 unspecified atom stereocenters. The van der Waals surface area contributed by atoms with Crippen molar-refractivity contribution in [3.05, 3.63) is 97.0 Å². The fraction of sp³-hybridized carbons (Fsp3) is 0.0476. The molecule has 1 heterocycles. The van der Waals surface area contributed by atoms with Crippen molar-refractivity contribution in [1.29, 1.82) is 0 Å². The minimum atomic E-state index is 0.454. The second-order valence-electron chi connectivity index (χ2n) is 5.28. The Balaban J connectivity index is 1.86. The van der Waals surface area contributed by atoms with Crippen molar-refractivity contribution in [3.8, 4) is 11.5 Å². The maximum absolute atomic E-state index is 5.91. The summed E-state index contributed by atoms with van der Waals surface area (Å²) in [5.74, 6) is 1.82. The first kappa shape index (κ1) is 16.5. The van der Waals surface area contributed by atoms with Gasteiger partial charge in [0.1, 0.15) is 11.5 Å². The van der Waals surface area contributed by atoms with Crippen molar-refractivity contribution in [2.24, 2.45) is 4.99 Å². The fourth-order valence-electron chi connectivity index (χ4n) is 2.04. The van der Waals surface area contributed by atoms with E-state index in [1.165, 1.54) is 0 Å². The molecule has 0 aliphatic rings. The zero-order valence-electron chi connectivity index (χ0n) is 13.9. The highest BCUT2D eigenvalue weighted by Gasteiger charge is 2.07. The molecule has 0 fully saturated rings. The van der Waals surface area contributed by atoms with Crippen LogP contribution in [-0.2, 0) is 0 Å². The molecule has 1 aromatic heterocycles. The minimum absolute atomic E-state index is 0.454. The Hall–Kier alpha value is -3.40. The highest BCUT2D eigenvalue weighted by atomic mass is 16.5. The third-order valence-electron chi connectivity index (χ3n) is 3.29. The third kappa shape index (κ3) is 5.04. The van der Waals surface area contributed by atoms with E-state index in [-0.39, 0.29) is 0 Å². The summed E-state index contributed by atoms with van der Waals surface area (Å²) in [7, 11) is 0. The van der Waals surface area contributed by atoms with E-state index in [0.717, 1.165) is 17.0 Å². The summed E-state index contributed by atoms with van der Waals surface area (Å²) >= 11 is 0. The molecule has 0 spiro atoms. The Morgan fingerprint density at radius 3 is 2.24 bits per heavy atom. The predicted octanol–water partition coefficient (Wildman–Crippen LogP) is 5.17. The van der Waals surface area contributed by atoms with Gasteiger partial charge in [-0.25, -0.2) is 4.99 Å². The average molecular weight is 330 g/mol. The van der Waals surface area contributed by atoms with E-state index in [0.29, 0.717) is 11.6 Å². The van der Waals surface area contributed by atoms with Crippen LogP contribution < -0.4 is 9.47 Å². The van der Waals surface area contributed by atoms with Gasteiger partial charge < -0.3 is 9.47 Å². The van der Waals surface area contributed by atoms with Gasteiger partial charge in [-0.05, 0) is 43.3 Å². The van der Waals surface area contributed by atoms with Crippen LogP contribution in [0.1, 0.15) is 6.92 Å². The van der Waals surface area contributed by atoms with Gasteiger partial charge in [0.2, 0.25) is 5.90 Å². The number of pyridine rings is 1. The highest BCUT2D eigenvalue weighted by molar-refractivity contribution is 5.96. The molecule has 4 nitrogen and oxygen atoms in total. The molecule has 3 rings (SSSR count). The summed E-state index contributed by atoms with van der Waals surface area (Å²) in [5, 5.41) is 0. The van der Waals surface area contributed by atoms with E-state index < -0.39 is 0 Å². The number of hydrogen-bond donors (Lipinski definition) is 0. The van der Waals surface area contributed by atoms with Crippen LogP contribution in [0.25, 0.3) is 0 Å². The van der Waals surface area contributed by atoms with Gasteiger partial charge in [-0.2, -0.15) is 0 Å². The highest BCUT2D eigenvalue weighted by Crippen LogP contribution is 2.17. The molecule has 3 aromatic rings. The van der Waals surface area contributed by atoms with Crippen LogP contribution in [-0.4, -0.2) is 10.9 Å². The lowest BCUT2D eigenvalue weighted by molar-refractivity contribution is 0.473. The third-order valence-corrected chi connectivity index (χ3v) is 3.29. The van der Waals surface area contributed by atoms with E-state index in [4.69, 9.17) is 9.47 Å². The van der Waals surface area contributed by atoms with Gasteiger partial charge in [0.15, 0.2) is 0 Å². The topological polar surface area (TPSA) is 43.7 Å². The summed E-state index contributed by atoms with van der Waals surface area (Å²) in [4.78, 5) is 8.65. The number of para-hydroxylation sites is 2. The summed E-state index contributed by atoms with van der Waals surface area (Å²) in [6.07, 6.45) is 4.97. The quantitative estimate of drug-likeness (QED) is 0.368. The summed E-state index contributed by atoms with van der Waals surface area (Å²) in [6, 6.07) is 22.8. The van der Waals surface area contributed by atoms with E-state index in [2.05, 4.69) is 9.98 Å². The van der Waals surface area contributed by atoms with Gasteiger partial charge in [-0.3, -0.25) is 4.98 Å². The number of hydrogen-bond acceptors (Lipinski definition) is 4. The maximum atomic E-state index is 5.91. The zero-order valence-corrected chi connectivity index (χ0v) is 13.9. The number of ether oxygens (including phenoxy) is 2. The van der Waals surface area contributed by atoms with E-state index in [1.807, 2.05) is 79.7 Å². The Bertz CT molecular complexity index is 845. The van der Waals surface area contributed by atoms with Crippen LogP contribution in [0, 0.1) is 0 Å². The zero-order chi connectivity index (χ0) is 17.3. The molecule has 0 N–H and O–H groups in total. The second kappa shape index (κ2) is 8.45. The molecule has 2 aromatic carbocycles. The van der Waals surface area contributed by atoms with Crippen LogP contribution in [0.5, 0.6) is 11.5 Å². The summed E-state index contributed by atoms with van der Waals surface area (Å²) in [6.45, 7) is 1.89. The first-order chi connectivity index (χ1) is 12.3. The molecule has 0 saturated carbocycles. The molecule has 0 saturated heterocycles. The minimum Gasteiger partial charge on any atom is -0.465 e. The maximum Gasteiger partial charge on any atom is 0.225 e. The number of rotatable bonds is 5. The molecular weight excluding hydrogens is 312 g/mol. The van der Waals surface area contributed by atoms with Gasteiger partial charge in [0, 0.05) is 11.8 Å². The first-order valence-corrected chi connectivity index (χ1v) is 7.92. The van der Waals surface area contributed by atoms with E-state index in [1.54, 1.807) is 18.7 Å². The van der Waals surface area contributed by atoms with E-state index in [9.17, 15) is 0 Å². The Kier molecular flexibility index (Phi) is 5.56. The van der Waals surface area contributed by atoms with Gasteiger partial charge in [-0.1, -0.05) is 36.4 Å². The van der Waals surface area contributed by atoms with Gasteiger partial charge in [-0.15, -0.1) is 0 Å². The van der Waals surface area contributed by atoms with Gasteiger partial charge in [0.25, 0.3) is 0 Å². The number of nitrogens with zero attached hydrogens (tertiary/aromatic N) is 2. The largest absolute Gasteiger partial charge is 0.465 e. The molecule has 0 aliphatic carbocycles. The average Bonchev–Trinajstić information content (AvgIpc) is 2.68. The fourth-order valence-corrected chi connectivity index (χ4v) is 2.04. The predicted molar refractivity (Wildman–Crippen MR) is 99.2 cm³/mol. The van der Waals surface area contributed by atoms with Crippen LogP contribution in [0.2, 0.25) is 0 Å². The molecule has 25 heavy (non-hydrogen) atoms. The van der Waals surface area contributed by atoms with E-state index >= 15 is 0 Å². The molecule has 4 heteroatoms. The molecule has 0 atom stereocenters. The summed E-state index contributed by atoms with van der Waals surface area (Å²) < 4.78 is 11.6. The molecule has 124 valence electrons. The van der Waals surface area contributed by atoms with Gasteiger partial charge >= 0.3 is 0 Å². The second-order valence-corrected chi connectivity index (χ2v) is 5.28. The van der Waals surface area contributed by atoms with Crippen molar-refractivity contribution in [1.82, 2.24) is 4.98 Å². The van der Waals surface area contributed by atoms with Crippen molar-refractivity contribution >= 4 is 11.6 Å². The molecule has 0 aliphatic heterocycles. The lowest BCUT2D eigenvalue weighted by atomic mass is 10.3.